The lowest BCUT2D eigenvalue weighted by atomic mass is 10.0. The van der Waals surface area contributed by atoms with E-state index >= 15 is 0 Å². The number of benzene rings is 1. The van der Waals surface area contributed by atoms with E-state index in [2.05, 4.69) is 19.9 Å². The molecule has 1 aromatic carbocycles. The van der Waals surface area contributed by atoms with E-state index in [4.69, 9.17) is 8.83 Å². The number of fused-ring (bicyclic) bond motifs is 2. The number of rotatable bonds is 4. The minimum Gasteiger partial charge on any atom is -0.438 e. The molecule has 0 radical (unpaired) electrons. The number of oxazole rings is 2. The van der Waals surface area contributed by atoms with Gasteiger partial charge in [0.2, 0.25) is 17.5 Å². The van der Waals surface area contributed by atoms with Crippen molar-refractivity contribution >= 4 is 17.0 Å². The van der Waals surface area contributed by atoms with Crippen LogP contribution in [-0.4, -0.2) is 42.4 Å². The number of hydrogen-bond donors (Lipinski definition) is 2. The highest BCUT2D eigenvalue weighted by Gasteiger charge is 2.43. The van der Waals surface area contributed by atoms with Gasteiger partial charge in [0.1, 0.15) is 16.9 Å². The van der Waals surface area contributed by atoms with Gasteiger partial charge in [-0.1, -0.05) is 0 Å². The van der Waals surface area contributed by atoms with Crippen LogP contribution in [0.15, 0.2) is 33.4 Å². The normalized spacial score (nSPS) is 18.7. The van der Waals surface area contributed by atoms with Crippen molar-refractivity contribution in [2.75, 3.05) is 6.54 Å². The molecule has 1 aliphatic heterocycles. The summed E-state index contributed by atoms with van der Waals surface area (Å²) >= 11 is 0. The first-order valence-corrected chi connectivity index (χ1v) is 10.9. The van der Waals surface area contributed by atoms with Gasteiger partial charge in [-0.3, -0.25) is 4.79 Å². The standard InChI is InChI=1S/C23H22FN5O4/c1-23(2,31)22-28-16(11-3-4-11)19(33-22)21(30)29-8-7-13-17(26-10-25-13)18(29)20-27-14-9-12(24)5-6-15(14)32-20/h5-6,9-11,18,31H,3-4,7-8H2,1-2H3,(H,25,26)/t18-/m0/s1. The van der Waals surface area contributed by atoms with E-state index in [1.54, 1.807) is 25.1 Å². The lowest BCUT2D eigenvalue weighted by Crippen LogP contribution is -2.41. The van der Waals surface area contributed by atoms with E-state index in [-0.39, 0.29) is 29.4 Å². The summed E-state index contributed by atoms with van der Waals surface area (Å²) in [4.78, 5) is 31.9. The third-order valence-electron chi connectivity index (χ3n) is 6.12. The average molecular weight is 451 g/mol. The Kier molecular flexibility index (Phi) is 4.25. The van der Waals surface area contributed by atoms with E-state index in [0.29, 0.717) is 35.5 Å². The zero-order valence-electron chi connectivity index (χ0n) is 18.1. The molecule has 170 valence electrons. The molecule has 0 bridgehead atoms. The summed E-state index contributed by atoms with van der Waals surface area (Å²) in [5, 5.41) is 10.4. The van der Waals surface area contributed by atoms with Crippen LogP contribution >= 0.6 is 0 Å². The van der Waals surface area contributed by atoms with Crippen LogP contribution in [0.5, 0.6) is 0 Å². The Morgan fingerprint density at radius 1 is 1.24 bits per heavy atom. The van der Waals surface area contributed by atoms with Crippen LogP contribution in [0, 0.1) is 5.82 Å². The molecule has 1 fully saturated rings. The highest BCUT2D eigenvalue weighted by Crippen LogP contribution is 2.44. The number of aromatic amines is 1. The summed E-state index contributed by atoms with van der Waals surface area (Å²) in [5.41, 5.74) is 1.55. The second-order valence-corrected chi connectivity index (χ2v) is 9.15. The van der Waals surface area contributed by atoms with Gasteiger partial charge in [-0.05, 0) is 38.8 Å². The summed E-state index contributed by atoms with van der Waals surface area (Å²) in [6.07, 6.45) is 3.98. The molecule has 1 atom stereocenters. The zero-order valence-corrected chi connectivity index (χ0v) is 18.1. The zero-order chi connectivity index (χ0) is 22.9. The first kappa shape index (κ1) is 20.1. The van der Waals surface area contributed by atoms with Gasteiger partial charge in [0.15, 0.2) is 11.6 Å². The Bertz CT molecular complexity index is 1380. The van der Waals surface area contributed by atoms with Crippen molar-refractivity contribution in [3.05, 3.63) is 65.0 Å². The topological polar surface area (TPSA) is 121 Å². The van der Waals surface area contributed by atoms with Crippen LogP contribution in [0.25, 0.3) is 11.1 Å². The van der Waals surface area contributed by atoms with Crippen LogP contribution in [0.4, 0.5) is 4.39 Å². The molecule has 1 saturated carbocycles. The van der Waals surface area contributed by atoms with Crippen LogP contribution in [-0.2, 0) is 12.0 Å². The number of imidazole rings is 1. The number of H-pyrrole nitrogens is 1. The van der Waals surface area contributed by atoms with E-state index in [1.807, 2.05) is 0 Å². The molecule has 3 aromatic heterocycles. The molecule has 33 heavy (non-hydrogen) atoms. The Morgan fingerprint density at radius 3 is 2.82 bits per heavy atom. The first-order chi connectivity index (χ1) is 15.8. The number of nitrogens with zero attached hydrogens (tertiary/aromatic N) is 4. The number of nitrogens with one attached hydrogen (secondary N) is 1. The van der Waals surface area contributed by atoms with Crippen molar-refractivity contribution in [2.24, 2.45) is 0 Å². The lowest BCUT2D eigenvalue weighted by molar-refractivity contribution is 0.0436. The predicted molar refractivity (Wildman–Crippen MR) is 113 cm³/mol. The second kappa shape index (κ2) is 6.98. The number of halogens is 1. The number of carbonyl (C=O) groups is 1. The molecule has 9 nitrogen and oxygen atoms in total. The summed E-state index contributed by atoms with van der Waals surface area (Å²) in [7, 11) is 0. The molecule has 6 rings (SSSR count). The van der Waals surface area contributed by atoms with E-state index in [0.717, 1.165) is 18.5 Å². The molecule has 0 saturated heterocycles. The molecule has 4 aromatic rings. The Balaban J connectivity index is 1.46. The molecule has 1 aliphatic carbocycles. The fourth-order valence-electron chi connectivity index (χ4n) is 4.29. The first-order valence-electron chi connectivity index (χ1n) is 10.9. The quantitative estimate of drug-likeness (QED) is 0.486. The Hall–Kier alpha value is -3.53. The molecule has 2 aliphatic rings. The van der Waals surface area contributed by atoms with Crippen LogP contribution < -0.4 is 0 Å². The molecule has 1 amide bonds. The summed E-state index contributed by atoms with van der Waals surface area (Å²) in [5.74, 6) is -0.173. The maximum absolute atomic E-state index is 13.8. The Labute approximate surface area is 187 Å². The molecular formula is C23H22FN5O4. The monoisotopic (exact) mass is 451 g/mol. The van der Waals surface area contributed by atoms with Crippen molar-refractivity contribution in [1.82, 2.24) is 24.8 Å². The van der Waals surface area contributed by atoms with Crippen LogP contribution in [0.3, 0.4) is 0 Å². The van der Waals surface area contributed by atoms with Crippen molar-refractivity contribution in [1.29, 1.82) is 0 Å². The maximum Gasteiger partial charge on any atom is 0.292 e. The number of amides is 1. The van der Waals surface area contributed by atoms with Crippen molar-refractivity contribution in [3.8, 4) is 0 Å². The fraction of sp³-hybridized carbons (Fsp3) is 0.391. The minimum absolute atomic E-state index is 0.110. The summed E-state index contributed by atoms with van der Waals surface area (Å²) in [6, 6.07) is 3.39. The van der Waals surface area contributed by atoms with Gasteiger partial charge in [0.05, 0.1) is 17.7 Å². The number of aliphatic hydroxyl groups is 1. The molecule has 0 spiro atoms. The Morgan fingerprint density at radius 2 is 2.06 bits per heavy atom. The number of carbonyl (C=O) groups excluding carboxylic acids is 1. The van der Waals surface area contributed by atoms with E-state index in [1.165, 1.54) is 18.2 Å². The second-order valence-electron chi connectivity index (χ2n) is 9.15. The smallest absolute Gasteiger partial charge is 0.292 e. The molecule has 2 N–H and O–H groups in total. The largest absolute Gasteiger partial charge is 0.438 e. The summed E-state index contributed by atoms with van der Waals surface area (Å²) in [6.45, 7) is 3.51. The van der Waals surface area contributed by atoms with Crippen molar-refractivity contribution in [3.63, 3.8) is 0 Å². The number of aromatic nitrogens is 4. The maximum atomic E-state index is 13.8. The molecule has 4 heterocycles. The fourth-order valence-corrected chi connectivity index (χ4v) is 4.29. The van der Waals surface area contributed by atoms with Gasteiger partial charge in [0, 0.05) is 30.6 Å². The van der Waals surface area contributed by atoms with Crippen molar-refractivity contribution in [2.45, 2.75) is 50.7 Å². The highest BCUT2D eigenvalue weighted by atomic mass is 19.1. The van der Waals surface area contributed by atoms with Gasteiger partial charge in [0.25, 0.3) is 5.91 Å². The molecular weight excluding hydrogens is 429 g/mol. The van der Waals surface area contributed by atoms with E-state index < -0.39 is 17.5 Å². The van der Waals surface area contributed by atoms with Crippen LogP contribution in [0.2, 0.25) is 0 Å². The van der Waals surface area contributed by atoms with Gasteiger partial charge >= 0.3 is 0 Å². The average Bonchev–Trinajstić information content (AvgIpc) is 3.17. The molecule has 0 unspecified atom stereocenters. The van der Waals surface area contributed by atoms with Gasteiger partial charge in [-0.2, -0.15) is 0 Å². The van der Waals surface area contributed by atoms with Crippen molar-refractivity contribution < 1.29 is 23.1 Å². The van der Waals surface area contributed by atoms with Gasteiger partial charge in [-0.25, -0.2) is 19.3 Å². The molecule has 10 heteroatoms. The van der Waals surface area contributed by atoms with E-state index in [9.17, 15) is 14.3 Å². The van der Waals surface area contributed by atoms with Gasteiger partial charge in [-0.15, -0.1) is 0 Å². The summed E-state index contributed by atoms with van der Waals surface area (Å²) < 4.78 is 25.5. The highest BCUT2D eigenvalue weighted by molar-refractivity contribution is 5.93. The third kappa shape index (κ3) is 3.32. The third-order valence-corrected chi connectivity index (χ3v) is 6.12. The van der Waals surface area contributed by atoms with Gasteiger partial charge < -0.3 is 23.8 Å². The SMILES string of the molecule is CC(C)(O)c1nc(C2CC2)c(C(=O)N2CCc3[nH]cnc3[C@H]2c2nc3cc(F)ccc3o2)o1. The lowest BCUT2D eigenvalue weighted by Gasteiger charge is -2.32. The minimum atomic E-state index is -1.32. The van der Waals surface area contributed by atoms with Crippen LogP contribution in [0.1, 0.15) is 78.1 Å². The predicted octanol–water partition coefficient (Wildman–Crippen LogP) is 3.57. The number of hydrogen-bond acceptors (Lipinski definition) is 7.